The number of alkyl halides is 3. The van der Waals surface area contributed by atoms with E-state index in [9.17, 15) is 9.59 Å². The molecule has 0 rings (SSSR count). The van der Waals surface area contributed by atoms with Crippen LogP contribution in [0, 0.1) is 11.3 Å². The lowest BCUT2D eigenvalue weighted by molar-refractivity contribution is -0.172. The summed E-state index contributed by atoms with van der Waals surface area (Å²) < 4.78 is 20.1. The van der Waals surface area contributed by atoms with Crippen molar-refractivity contribution in [3.05, 3.63) is 12.7 Å². The number of hydrogen-bond acceptors (Lipinski definition) is 6. The first-order valence-corrected chi connectivity index (χ1v) is 11.1. The molecule has 0 spiro atoms. The maximum atomic E-state index is 12.7. The van der Waals surface area contributed by atoms with Gasteiger partial charge in [-0.05, 0) is 53.9 Å². The average Bonchev–Trinajstić information content (AvgIpc) is 2.57. The molecule has 176 valence electrons. The Bertz CT molecular complexity index is 557. The highest BCUT2D eigenvalue weighted by Gasteiger charge is 2.42. The molecule has 0 bridgehead atoms. The second-order valence-corrected chi connectivity index (χ2v) is 10.9. The maximum absolute atomic E-state index is 12.7. The molecular formula is C21H35Cl3O6. The van der Waals surface area contributed by atoms with Crippen molar-refractivity contribution in [3.63, 3.8) is 0 Å². The van der Waals surface area contributed by atoms with Crippen molar-refractivity contribution in [1.29, 1.82) is 0 Å². The second kappa shape index (κ2) is 13.0. The van der Waals surface area contributed by atoms with Crippen molar-refractivity contribution in [2.75, 3.05) is 6.61 Å². The van der Waals surface area contributed by atoms with Crippen molar-refractivity contribution in [2.45, 2.75) is 89.5 Å². The standard InChI is InChI=1S/C21H35Cl3O6/c1-9-10-15(6)16(30-19(26)27-12-21(22,23)24)11-17(28-13(2)3)20(7,8)18(25)29-14(4)5/h9,13-17H,1,10-12H2,2-8H3. The summed E-state index contributed by atoms with van der Waals surface area (Å²) in [6.07, 6.45) is -0.0441. The summed E-state index contributed by atoms with van der Waals surface area (Å²) in [5.74, 6) is -0.505. The number of hydrogen-bond donors (Lipinski definition) is 0. The Morgan fingerprint density at radius 3 is 2.00 bits per heavy atom. The molecule has 0 fully saturated rings. The Hall–Kier alpha value is -0.690. The molecule has 6 nitrogen and oxygen atoms in total. The third kappa shape index (κ3) is 11.6. The van der Waals surface area contributed by atoms with Crippen molar-refractivity contribution in [3.8, 4) is 0 Å². The molecule has 0 saturated carbocycles. The van der Waals surface area contributed by atoms with Crippen LogP contribution in [0.25, 0.3) is 0 Å². The number of ether oxygens (including phenoxy) is 4. The van der Waals surface area contributed by atoms with Gasteiger partial charge in [0.25, 0.3) is 0 Å². The van der Waals surface area contributed by atoms with Gasteiger partial charge in [-0.3, -0.25) is 4.79 Å². The number of carbonyl (C=O) groups is 2. The molecule has 0 amide bonds. The van der Waals surface area contributed by atoms with Crippen LogP contribution in [0.2, 0.25) is 0 Å². The third-order valence-corrected chi connectivity index (χ3v) is 4.66. The molecule has 0 heterocycles. The molecule has 0 aliphatic heterocycles. The summed E-state index contributed by atoms with van der Waals surface area (Å²) in [6, 6.07) is 0. The minimum atomic E-state index is -1.74. The summed E-state index contributed by atoms with van der Waals surface area (Å²) in [6.45, 7) is 16.0. The van der Waals surface area contributed by atoms with Crippen molar-refractivity contribution >= 4 is 46.9 Å². The van der Waals surface area contributed by atoms with Crippen LogP contribution >= 0.6 is 34.8 Å². The van der Waals surface area contributed by atoms with E-state index in [4.69, 9.17) is 53.8 Å². The molecule has 3 atom stereocenters. The van der Waals surface area contributed by atoms with Crippen molar-refractivity contribution < 1.29 is 28.5 Å². The fraction of sp³-hybridized carbons (Fsp3) is 0.810. The number of esters is 1. The lowest BCUT2D eigenvalue weighted by Crippen LogP contribution is -2.45. The van der Waals surface area contributed by atoms with Gasteiger partial charge in [-0.15, -0.1) is 6.58 Å². The Balaban J connectivity index is 5.57. The molecule has 0 aromatic rings. The fourth-order valence-electron chi connectivity index (χ4n) is 2.67. The van der Waals surface area contributed by atoms with E-state index in [0.29, 0.717) is 6.42 Å². The van der Waals surface area contributed by atoms with Crippen molar-refractivity contribution in [1.82, 2.24) is 0 Å². The SMILES string of the molecule is C=CCC(C)C(CC(OC(C)C)C(C)(C)C(=O)OC(C)C)OC(=O)OCC(Cl)(Cl)Cl. The van der Waals surface area contributed by atoms with E-state index in [2.05, 4.69) is 6.58 Å². The van der Waals surface area contributed by atoms with Gasteiger partial charge in [0.15, 0.2) is 0 Å². The molecule has 0 saturated heterocycles. The molecule has 30 heavy (non-hydrogen) atoms. The van der Waals surface area contributed by atoms with Crippen LogP contribution in [-0.2, 0) is 23.7 Å². The van der Waals surface area contributed by atoms with Crippen LogP contribution in [0.5, 0.6) is 0 Å². The van der Waals surface area contributed by atoms with Crippen LogP contribution in [-0.4, -0.2) is 46.9 Å². The molecular weight excluding hydrogens is 455 g/mol. The Morgan fingerprint density at radius 1 is 1.00 bits per heavy atom. The highest BCUT2D eigenvalue weighted by molar-refractivity contribution is 6.67. The van der Waals surface area contributed by atoms with E-state index < -0.39 is 40.1 Å². The van der Waals surface area contributed by atoms with E-state index in [0.717, 1.165) is 0 Å². The monoisotopic (exact) mass is 488 g/mol. The zero-order valence-corrected chi connectivity index (χ0v) is 21.1. The number of carbonyl (C=O) groups excluding carboxylic acids is 2. The highest BCUT2D eigenvalue weighted by atomic mass is 35.6. The van der Waals surface area contributed by atoms with Gasteiger partial charge in [-0.25, -0.2) is 4.79 Å². The molecule has 9 heteroatoms. The minimum absolute atomic E-state index is 0.113. The van der Waals surface area contributed by atoms with E-state index in [-0.39, 0.29) is 24.5 Å². The predicted molar refractivity (Wildman–Crippen MR) is 120 cm³/mol. The van der Waals surface area contributed by atoms with Crippen LogP contribution in [0.1, 0.15) is 61.3 Å². The van der Waals surface area contributed by atoms with Gasteiger partial charge in [-0.2, -0.15) is 0 Å². The van der Waals surface area contributed by atoms with Gasteiger partial charge < -0.3 is 18.9 Å². The number of rotatable bonds is 12. The third-order valence-electron chi connectivity index (χ3n) is 4.33. The summed E-state index contributed by atoms with van der Waals surface area (Å²) in [5, 5.41) is 0. The first-order chi connectivity index (χ1) is 13.6. The van der Waals surface area contributed by atoms with Gasteiger partial charge in [0.1, 0.15) is 12.7 Å². The number of halogens is 3. The molecule has 0 aromatic heterocycles. The summed E-state index contributed by atoms with van der Waals surface area (Å²) in [4.78, 5) is 24.9. The van der Waals surface area contributed by atoms with E-state index >= 15 is 0 Å². The Labute approximate surface area is 195 Å². The smallest absolute Gasteiger partial charge is 0.462 e. The normalized spacial score (nSPS) is 15.5. The van der Waals surface area contributed by atoms with Crippen LogP contribution in [0.4, 0.5) is 4.79 Å². The first kappa shape index (κ1) is 29.3. The van der Waals surface area contributed by atoms with Crippen LogP contribution in [0.3, 0.4) is 0 Å². The summed E-state index contributed by atoms with van der Waals surface area (Å²) >= 11 is 16.9. The molecule has 3 unspecified atom stereocenters. The first-order valence-electron chi connectivity index (χ1n) is 9.97. The Kier molecular flexibility index (Phi) is 12.7. The lowest BCUT2D eigenvalue weighted by Gasteiger charge is -2.37. The molecule has 0 aliphatic rings. The fourth-order valence-corrected chi connectivity index (χ4v) is 2.83. The lowest BCUT2D eigenvalue weighted by atomic mass is 9.81. The average molecular weight is 490 g/mol. The van der Waals surface area contributed by atoms with Gasteiger partial charge in [0, 0.05) is 6.42 Å². The topological polar surface area (TPSA) is 71.1 Å². The van der Waals surface area contributed by atoms with Crippen LogP contribution < -0.4 is 0 Å². The van der Waals surface area contributed by atoms with E-state index in [1.807, 2.05) is 20.8 Å². The summed E-state index contributed by atoms with van der Waals surface area (Å²) in [5.41, 5.74) is -0.981. The molecule has 0 aromatic carbocycles. The number of allylic oxidation sites excluding steroid dienone is 1. The zero-order chi connectivity index (χ0) is 23.7. The summed E-state index contributed by atoms with van der Waals surface area (Å²) in [7, 11) is 0. The minimum Gasteiger partial charge on any atom is -0.462 e. The molecule has 0 aliphatic carbocycles. The zero-order valence-electron chi connectivity index (χ0n) is 18.9. The van der Waals surface area contributed by atoms with Gasteiger partial charge >= 0.3 is 12.1 Å². The second-order valence-electron chi connectivity index (χ2n) is 8.40. The van der Waals surface area contributed by atoms with Gasteiger partial charge in [0.05, 0.1) is 23.7 Å². The van der Waals surface area contributed by atoms with Gasteiger partial charge in [0.2, 0.25) is 3.79 Å². The highest BCUT2D eigenvalue weighted by Crippen LogP contribution is 2.33. The van der Waals surface area contributed by atoms with E-state index in [1.54, 1.807) is 33.8 Å². The molecule has 0 radical (unpaired) electrons. The maximum Gasteiger partial charge on any atom is 0.508 e. The van der Waals surface area contributed by atoms with Crippen molar-refractivity contribution in [2.24, 2.45) is 11.3 Å². The predicted octanol–water partition coefficient (Wildman–Crippen LogP) is 6.25. The molecule has 0 N–H and O–H groups in total. The quantitative estimate of drug-likeness (QED) is 0.183. The largest absolute Gasteiger partial charge is 0.508 e. The van der Waals surface area contributed by atoms with Gasteiger partial charge in [-0.1, -0.05) is 47.8 Å². The Morgan fingerprint density at radius 2 is 1.57 bits per heavy atom. The van der Waals surface area contributed by atoms with E-state index in [1.165, 1.54) is 0 Å². The van der Waals surface area contributed by atoms with Crippen LogP contribution in [0.15, 0.2) is 12.7 Å².